The molecule has 4 rings (SSSR count). The van der Waals surface area contributed by atoms with Crippen LogP contribution in [0.15, 0.2) is 48.7 Å². The molecule has 0 fully saturated rings. The zero-order valence-electron chi connectivity index (χ0n) is 22.0. The van der Waals surface area contributed by atoms with Crippen LogP contribution in [0.3, 0.4) is 0 Å². The molecule has 1 N–H and O–H groups in total. The number of nitrogens with zero attached hydrogens (tertiary/aromatic N) is 4. The molecular weight excluding hydrogens is 506 g/mol. The van der Waals surface area contributed by atoms with Crippen molar-refractivity contribution >= 4 is 34.3 Å². The molecule has 2 aromatic carbocycles. The Morgan fingerprint density at radius 1 is 1.13 bits per heavy atom. The lowest BCUT2D eigenvalue weighted by molar-refractivity contribution is -0.122. The summed E-state index contributed by atoms with van der Waals surface area (Å²) in [6.07, 6.45) is 1.80. The van der Waals surface area contributed by atoms with Crippen molar-refractivity contribution in [2.75, 3.05) is 27.8 Å². The first kappa shape index (κ1) is 26.9. The molecule has 0 aliphatic rings. The Morgan fingerprint density at radius 2 is 1.92 bits per heavy atom. The normalized spacial score (nSPS) is 10.9. The van der Waals surface area contributed by atoms with E-state index in [9.17, 15) is 9.59 Å². The van der Waals surface area contributed by atoms with Crippen molar-refractivity contribution in [2.24, 2.45) is 0 Å². The van der Waals surface area contributed by atoms with Gasteiger partial charge in [0.2, 0.25) is 0 Å². The fraction of sp³-hybridized carbons (Fsp3) is 0.286. The smallest absolute Gasteiger partial charge is 0.257 e. The number of amides is 2. The van der Waals surface area contributed by atoms with Crippen LogP contribution in [0.4, 0.5) is 0 Å². The lowest BCUT2D eigenvalue weighted by Gasteiger charge is -2.19. The Hall–Kier alpha value is -4.11. The molecule has 9 nitrogen and oxygen atoms in total. The lowest BCUT2D eigenvalue weighted by atomic mass is 10.0. The summed E-state index contributed by atoms with van der Waals surface area (Å²) in [7, 11) is 4.83. The molecule has 0 saturated carbocycles. The minimum atomic E-state index is -0.254. The Balaban J connectivity index is 1.72. The zero-order chi connectivity index (χ0) is 27.4. The van der Waals surface area contributed by atoms with E-state index in [2.05, 4.69) is 10.4 Å². The molecule has 38 heavy (non-hydrogen) atoms. The predicted molar refractivity (Wildman–Crippen MR) is 147 cm³/mol. The molecule has 2 aromatic heterocycles. The highest BCUT2D eigenvalue weighted by Gasteiger charge is 2.20. The maximum absolute atomic E-state index is 13.7. The van der Waals surface area contributed by atoms with Crippen molar-refractivity contribution in [1.82, 2.24) is 25.0 Å². The minimum absolute atomic E-state index is 0.136. The number of rotatable bonds is 9. The Morgan fingerprint density at radius 3 is 2.61 bits per heavy atom. The fourth-order valence-corrected chi connectivity index (χ4v) is 4.35. The molecule has 10 heteroatoms. The summed E-state index contributed by atoms with van der Waals surface area (Å²) in [5.74, 6) is 0.446. The van der Waals surface area contributed by atoms with E-state index in [0.29, 0.717) is 45.2 Å². The van der Waals surface area contributed by atoms with Crippen molar-refractivity contribution in [3.63, 3.8) is 0 Å². The monoisotopic (exact) mass is 535 g/mol. The molecule has 0 aliphatic heterocycles. The minimum Gasteiger partial charge on any atom is -0.493 e. The average molecular weight is 536 g/mol. The summed E-state index contributed by atoms with van der Waals surface area (Å²) in [4.78, 5) is 31.8. The number of fused-ring (bicyclic) bond motifs is 1. The van der Waals surface area contributed by atoms with Gasteiger partial charge in [-0.25, -0.2) is 4.98 Å². The largest absolute Gasteiger partial charge is 0.493 e. The van der Waals surface area contributed by atoms with E-state index < -0.39 is 0 Å². The van der Waals surface area contributed by atoms with Gasteiger partial charge < -0.3 is 19.7 Å². The quantitative estimate of drug-likeness (QED) is 0.339. The third-order valence-electron chi connectivity index (χ3n) is 6.36. The van der Waals surface area contributed by atoms with Crippen LogP contribution < -0.4 is 14.8 Å². The van der Waals surface area contributed by atoms with Gasteiger partial charge in [-0.2, -0.15) is 5.10 Å². The van der Waals surface area contributed by atoms with E-state index in [-0.39, 0.29) is 18.4 Å². The number of carbonyl (C=O) groups excluding carboxylic acids is 2. The number of pyridine rings is 1. The van der Waals surface area contributed by atoms with Crippen molar-refractivity contribution < 1.29 is 19.1 Å². The topological polar surface area (TPSA) is 98.6 Å². The van der Waals surface area contributed by atoms with Crippen molar-refractivity contribution in [3.8, 4) is 22.8 Å². The average Bonchev–Trinajstić information content (AvgIpc) is 3.28. The number of carbonyl (C=O) groups is 2. The van der Waals surface area contributed by atoms with Gasteiger partial charge in [-0.05, 0) is 56.3 Å². The molecule has 0 saturated heterocycles. The molecule has 0 atom stereocenters. The number of halogens is 1. The number of aromatic nitrogens is 3. The van der Waals surface area contributed by atoms with Crippen LogP contribution in [0.2, 0.25) is 5.02 Å². The highest BCUT2D eigenvalue weighted by Crippen LogP contribution is 2.34. The number of aryl methyl sites for hydroxylation is 1. The maximum atomic E-state index is 13.7. The van der Waals surface area contributed by atoms with Crippen LogP contribution in [-0.4, -0.2) is 59.3 Å². The molecule has 0 aliphatic carbocycles. The van der Waals surface area contributed by atoms with E-state index in [1.807, 2.05) is 24.6 Å². The van der Waals surface area contributed by atoms with E-state index in [4.69, 9.17) is 26.1 Å². The van der Waals surface area contributed by atoms with Crippen LogP contribution in [0.1, 0.15) is 28.5 Å². The van der Waals surface area contributed by atoms with Crippen LogP contribution >= 0.6 is 11.6 Å². The van der Waals surface area contributed by atoms with E-state index in [0.717, 1.165) is 23.4 Å². The van der Waals surface area contributed by atoms with Gasteiger partial charge in [0.15, 0.2) is 18.1 Å². The third-order valence-corrected chi connectivity index (χ3v) is 6.59. The predicted octanol–water partition coefficient (Wildman–Crippen LogP) is 4.49. The number of nitrogens with one attached hydrogen (secondary N) is 1. The SMILES string of the molecule is CCn1ncc(CN(C)C(=O)c2cc(-c3ccc(OCC(=O)NC)c(OC)c3)nc3ccc(Cl)cc23)c1C. The molecule has 0 spiro atoms. The molecule has 2 amide bonds. The first-order valence-electron chi connectivity index (χ1n) is 12.1. The number of hydrogen-bond donors (Lipinski definition) is 1. The van der Waals surface area contributed by atoms with Gasteiger partial charge >= 0.3 is 0 Å². The van der Waals surface area contributed by atoms with E-state index in [1.165, 1.54) is 7.11 Å². The Labute approximate surface area is 226 Å². The molecule has 4 aromatic rings. The summed E-state index contributed by atoms with van der Waals surface area (Å²) in [6, 6.07) is 12.4. The number of likely N-dealkylation sites (N-methyl/N-ethyl adjacent to an activating group) is 1. The van der Waals surface area contributed by atoms with Gasteiger partial charge in [0.1, 0.15) is 0 Å². The maximum Gasteiger partial charge on any atom is 0.257 e. The Bertz CT molecular complexity index is 1500. The first-order valence-corrected chi connectivity index (χ1v) is 12.5. The standard InChI is InChI=1S/C28H30ClN5O4/c1-6-34-17(2)19(14-31-34)15-33(4)28(36)22-13-24(32-23-9-8-20(29)12-21(22)23)18-7-10-25(26(11-18)37-5)38-16-27(35)30-3/h7-14H,6,15-16H2,1-5H3,(H,30,35). The van der Waals surface area contributed by atoms with Crippen molar-refractivity contribution in [2.45, 2.75) is 26.9 Å². The number of methoxy groups -OCH3 is 1. The van der Waals surface area contributed by atoms with E-state index >= 15 is 0 Å². The van der Waals surface area contributed by atoms with Gasteiger partial charge in [-0.15, -0.1) is 0 Å². The lowest BCUT2D eigenvalue weighted by Crippen LogP contribution is -2.26. The summed E-state index contributed by atoms with van der Waals surface area (Å²) < 4.78 is 13.0. The van der Waals surface area contributed by atoms with Crippen LogP contribution in [-0.2, 0) is 17.9 Å². The van der Waals surface area contributed by atoms with Crippen molar-refractivity contribution in [1.29, 1.82) is 0 Å². The van der Waals surface area contributed by atoms with Crippen molar-refractivity contribution in [3.05, 3.63) is 70.5 Å². The molecule has 2 heterocycles. The van der Waals surface area contributed by atoms with Gasteiger partial charge in [-0.3, -0.25) is 14.3 Å². The number of benzene rings is 2. The van der Waals surface area contributed by atoms with Gasteiger partial charge in [-0.1, -0.05) is 11.6 Å². The first-order chi connectivity index (χ1) is 18.2. The van der Waals surface area contributed by atoms with Crippen LogP contribution in [0.5, 0.6) is 11.5 Å². The highest BCUT2D eigenvalue weighted by atomic mass is 35.5. The summed E-state index contributed by atoms with van der Waals surface area (Å²) in [5.41, 5.74) is 4.44. The fourth-order valence-electron chi connectivity index (χ4n) is 4.18. The highest BCUT2D eigenvalue weighted by molar-refractivity contribution is 6.31. The molecule has 198 valence electrons. The molecule has 0 bridgehead atoms. The Kier molecular flexibility index (Phi) is 8.16. The third kappa shape index (κ3) is 5.57. The number of ether oxygens (including phenoxy) is 2. The second kappa shape index (κ2) is 11.5. The van der Waals surface area contributed by atoms with Gasteiger partial charge in [0.05, 0.1) is 30.1 Å². The summed E-state index contributed by atoms with van der Waals surface area (Å²) >= 11 is 6.30. The zero-order valence-corrected chi connectivity index (χ0v) is 22.8. The van der Waals surface area contributed by atoms with Gasteiger partial charge in [0.25, 0.3) is 11.8 Å². The van der Waals surface area contributed by atoms with E-state index in [1.54, 1.807) is 61.6 Å². The molecule has 0 radical (unpaired) electrons. The molecule has 0 unspecified atom stereocenters. The van der Waals surface area contributed by atoms with Crippen LogP contribution in [0.25, 0.3) is 22.2 Å². The van der Waals surface area contributed by atoms with Gasteiger partial charge in [0, 0.05) is 54.4 Å². The molecular formula is C28H30ClN5O4. The summed E-state index contributed by atoms with van der Waals surface area (Å²) in [5, 5.41) is 8.09. The number of hydrogen-bond acceptors (Lipinski definition) is 6. The summed E-state index contributed by atoms with van der Waals surface area (Å²) in [6.45, 7) is 5.07. The second-order valence-electron chi connectivity index (χ2n) is 8.78. The van der Waals surface area contributed by atoms with Crippen LogP contribution in [0, 0.1) is 6.92 Å². The second-order valence-corrected chi connectivity index (χ2v) is 9.21.